The Hall–Kier alpha value is -0.696. The molecule has 33 heavy (non-hydrogen) atoms. The van der Waals surface area contributed by atoms with E-state index in [2.05, 4.69) is 99.1 Å². The normalized spacial score (nSPS) is 25.4. The Kier molecular flexibility index (Phi) is 9.66. The minimum absolute atomic E-state index is 0.00252. The van der Waals surface area contributed by atoms with Gasteiger partial charge in [-0.25, -0.2) is 0 Å². The van der Waals surface area contributed by atoms with Crippen molar-refractivity contribution in [2.75, 3.05) is 0 Å². The Bertz CT molecular complexity index is 743. The summed E-state index contributed by atoms with van der Waals surface area (Å²) >= 11 is 0. The van der Waals surface area contributed by atoms with Gasteiger partial charge in [-0.2, -0.15) is 0 Å². The molecular weight excluding hydrogens is 442 g/mol. The van der Waals surface area contributed by atoms with Crippen molar-refractivity contribution in [2.24, 2.45) is 11.8 Å². The highest BCUT2D eigenvalue weighted by molar-refractivity contribution is 6.81. The van der Waals surface area contributed by atoms with E-state index in [0.717, 1.165) is 0 Å². The van der Waals surface area contributed by atoms with E-state index in [1.54, 1.807) is 6.92 Å². The maximum Gasteiger partial charge on any atom is 0.222 e. The zero-order valence-corrected chi connectivity index (χ0v) is 26.3. The van der Waals surface area contributed by atoms with Crippen molar-refractivity contribution in [3.63, 3.8) is 0 Å². The molecule has 0 aliphatic carbocycles. The summed E-state index contributed by atoms with van der Waals surface area (Å²) in [6.07, 6.45) is 4.51. The van der Waals surface area contributed by atoms with E-state index in [1.807, 2.05) is 18.7 Å². The topological polar surface area (TPSA) is 38.8 Å². The average molecular weight is 496 g/mol. The zero-order valence-electron chi connectivity index (χ0n) is 24.3. The van der Waals surface area contributed by atoms with Gasteiger partial charge >= 0.3 is 0 Å². The van der Waals surface area contributed by atoms with Gasteiger partial charge in [0, 0.05) is 12.8 Å². The van der Waals surface area contributed by atoms with Crippen LogP contribution in [0.3, 0.4) is 0 Å². The summed E-state index contributed by atoms with van der Waals surface area (Å²) < 4.78 is 13.6. The van der Waals surface area contributed by atoms with Gasteiger partial charge in [0.2, 0.25) is 5.91 Å². The van der Waals surface area contributed by atoms with Crippen LogP contribution in [0.2, 0.25) is 37.8 Å². The standard InChI is InChI=1S/C27H53NO3Si2/c1-19(18-32(11,12)13)16-17-20(2)24(31-33(14,15)26(6,7)8)21(3)25-22(4)28(23(5)29)27(9,10)30-25/h16-18,20-22,24-25H,1-15H3/b17-16+,19-18+/t20-,21+,22+,24-,25+/m0/s1. The summed E-state index contributed by atoms with van der Waals surface area (Å²) in [4.78, 5) is 14.3. The predicted molar refractivity (Wildman–Crippen MR) is 148 cm³/mol. The molecule has 0 saturated carbocycles. The number of amides is 1. The van der Waals surface area contributed by atoms with Crippen LogP contribution in [0.5, 0.6) is 0 Å². The van der Waals surface area contributed by atoms with Crippen LogP contribution in [0, 0.1) is 11.8 Å². The van der Waals surface area contributed by atoms with Crippen molar-refractivity contribution in [1.29, 1.82) is 0 Å². The molecule has 6 heteroatoms. The Labute approximate surface area is 207 Å². The molecule has 0 aromatic carbocycles. The molecule has 4 nitrogen and oxygen atoms in total. The maximum atomic E-state index is 12.4. The quantitative estimate of drug-likeness (QED) is 0.260. The van der Waals surface area contributed by atoms with Gasteiger partial charge in [0.1, 0.15) is 5.72 Å². The first-order valence-electron chi connectivity index (χ1n) is 12.6. The fraction of sp³-hybridized carbons (Fsp3) is 0.815. The van der Waals surface area contributed by atoms with Crippen LogP contribution in [0.25, 0.3) is 0 Å². The van der Waals surface area contributed by atoms with Crippen LogP contribution in [0.15, 0.2) is 23.4 Å². The van der Waals surface area contributed by atoms with Crippen molar-refractivity contribution < 1.29 is 14.0 Å². The van der Waals surface area contributed by atoms with Crippen LogP contribution in [0.1, 0.15) is 69.2 Å². The summed E-state index contributed by atoms with van der Waals surface area (Å²) in [6, 6.07) is 0.00252. The molecule has 1 aliphatic heterocycles. The van der Waals surface area contributed by atoms with Crippen LogP contribution in [0.4, 0.5) is 0 Å². The largest absolute Gasteiger partial charge is 0.413 e. The lowest BCUT2D eigenvalue weighted by molar-refractivity contribution is -0.146. The van der Waals surface area contributed by atoms with E-state index in [-0.39, 0.29) is 41.0 Å². The molecule has 5 atom stereocenters. The molecule has 1 heterocycles. The number of hydrogen-bond acceptors (Lipinski definition) is 3. The second-order valence-corrected chi connectivity index (χ2v) is 23.1. The van der Waals surface area contributed by atoms with Crippen molar-refractivity contribution >= 4 is 22.3 Å². The lowest BCUT2D eigenvalue weighted by Crippen LogP contribution is -2.51. The first-order chi connectivity index (χ1) is 14.6. The van der Waals surface area contributed by atoms with Crippen LogP contribution < -0.4 is 0 Å². The van der Waals surface area contributed by atoms with Gasteiger partial charge < -0.3 is 14.1 Å². The molecular formula is C27H53NO3Si2. The van der Waals surface area contributed by atoms with Gasteiger partial charge in [-0.15, -0.1) is 0 Å². The second kappa shape index (κ2) is 10.5. The lowest BCUT2D eigenvalue weighted by Gasteiger charge is -2.43. The van der Waals surface area contributed by atoms with Gasteiger partial charge in [-0.05, 0) is 51.7 Å². The molecule has 1 saturated heterocycles. The number of nitrogens with zero attached hydrogens (tertiary/aromatic N) is 1. The lowest BCUT2D eigenvalue weighted by atomic mass is 9.86. The number of hydrogen-bond donors (Lipinski definition) is 0. The van der Waals surface area contributed by atoms with Gasteiger partial charge in [0.05, 0.1) is 26.3 Å². The van der Waals surface area contributed by atoms with Crippen molar-refractivity contribution in [1.82, 2.24) is 4.90 Å². The minimum Gasteiger partial charge on any atom is -0.413 e. The fourth-order valence-corrected chi connectivity index (χ4v) is 7.81. The van der Waals surface area contributed by atoms with E-state index in [4.69, 9.17) is 9.16 Å². The van der Waals surface area contributed by atoms with Crippen molar-refractivity contribution in [2.45, 2.75) is 131 Å². The predicted octanol–water partition coefficient (Wildman–Crippen LogP) is 7.40. The van der Waals surface area contributed by atoms with Crippen LogP contribution >= 0.6 is 0 Å². The summed E-state index contributed by atoms with van der Waals surface area (Å²) in [6.45, 7) is 33.0. The third-order valence-electron chi connectivity index (χ3n) is 7.34. The highest BCUT2D eigenvalue weighted by Crippen LogP contribution is 2.42. The SMILES string of the molecule is CC(=O)N1[C@H](C)[C@@H]([C@H](C)[C@@H](O[Si](C)(C)C(C)(C)C)[C@@H](C)/C=C/C(C)=C/[Si](C)(C)C)OC1(C)C. The van der Waals surface area contributed by atoms with E-state index < -0.39 is 22.1 Å². The van der Waals surface area contributed by atoms with Gasteiger partial charge in [0.15, 0.2) is 8.32 Å². The molecule has 0 N–H and O–H groups in total. The summed E-state index contributed by atoms with van der Waals surface area (Å²) in [7, 11) is -3.28. The number of carbonyl (C=O) groups is 1. The number of ether oxygens (including phenoxy) is 1. The molecule has 0 radical (unpaired) electrons. The number of rotatable bonds is 8. The monoisotopic (exact) mass is 495 g/mol. The second-order valence-electron chi connectivity index (χ2n) is 13.3. The molecule has 0 aromatic rings. The molecule has 0 spiro atoms. The molecule has 1 fully saturated rings. The third kappa shape index (κ3) is 7.91. The third-order valence-corrected chi connectivity index (χ3v) is 13.1. The Morgan fingerprint density at radius 1 is 1.09 bits per heavy atom. The fourth-order valence-electron chi connectivity index (χ4n) is 4.88. The van der Waals surface area contributed by atoms with Crippen LogP contribution in [-0.2, 0) is 14.0 Å². The molecule has 0 bridgehead atoms. The molecule has 1 rings (SSSR count). The van der Waals surface area contributed by atoms with Gasteiger partial charge in [0.25, 0.3) is 0 Å². The zero-order chi connectivity index (χ0) is 26.2. The van der Waals surface area contributed by atoms with Gasteiger partial charge in [-0.1, -0.05) is 77.7 Å². The number of allylic oxidation sites excluding steroid dienone is 2. The average Bonchev–Trinajstić information content (AvgIpc) is 2.83. The Morgan fingerprint density at radius 2 is 1.61 bits per heavy atom. The highest BCUT2D eigenvalue weighted by Gasteiger charge is 2.51. The summed E-state index contributed by atoms with van der Waals surface area (Å²) in [5.74, 6) is 0.423. The van der Waals surface area contributed by atoms with Crippen LogP contribution in [-0.4, -0.2) is 51.2 Å². The first kappa shape index (κ1) is 30.3. The molecule has 1 aliphatic rings. The Balaban J connectivity index is 3.33. The smallest absolute Gasteiger partial charge is 0.222 e. The van der Waals surface area contributed by atoms with E-state index in [0.29, 0.717) is 0 Å². The highest BCUT2D eigenvalue weighted by atomic mass is 28.4. The maximum absolute atomic E-state index is 12.4. The molecule has 1 amide bonds. The van der Waals surface area contributed by atoms with E-state index in [9.17, 15) is 4.79 Å². The summed E-state index contributed by atoms with van der Waals surface area (Å²) in [5, 5.41) is 0.120. The minimum atomic E-state index is -2.01. The molecule has 0 aromatic heterocycles. The van der Waals surface area contributed by atoms with E-state index in [1.165, 1.54) is 5.57 Å². The number of carbonyl (C=O) groups excluding carboxylic acids is 1. The Morgan fingerprint density at radius 3 is 2.00 bits per heavy atom. The first-order valence-corrected chi connectivity index (χ1v) is 19.1. The summed E-state index contributed by atoms with van der Waals surface area (Å²) in [5.41, 5.74) is 3.16. The molecule has 192 valence electrons. The van der Waals surface area contributed by atoms with Crippen molar-refractivity contribution in [3.05, 3.63) is 23.4 Å². The van der Waals surface area contributed by atoms with Gasteiger partial charge in [-0.3, -0.25) is 4.79 Å². The van der Waals surface area contributed by atoms with E-state index >= 15 is 0 Å². The molecule has 0 unspecified atom stereocenters. The van der Waals surface area contributed by atoms with Crippen molar-refractivity contribution in [3.8, 4) is 0 Å².